The number of aldehydes is 1. The molecule has 0 aliphatic carbocycles. The van der Waals surface area contributed by atoms with E-state index in [2.05, 4.69) is 52.0 Å². The summed E-state index contributed by atoms with van der Waals surface area (Å²) in [6.07, 6.45) is 0.863. The van der Waals surface area contributed by atoms with Crippen LogP contribution < -0.4 is 9.80 Å². The molecule has 0 fully saturated rings. The lowest BCUT2D eigenvalue weighted by Crippen LogP contribution is -2.46. The second-order valence-electron chi connectivity index (χ2n) is 4.93. The maximum absolute atomic E-state index is 10.8. The quantitative estimate of drug-likeness (QED) is 0.477. The van der Waals surface area contributed by atoms with Crippen LogP contribution in [0, 0.1) is 0 Å². The first-order valence-corrected chi connectivity index (χ1v) is 7.19. The van der Waals surface area contributed by atoms with Crippen LogP contribution in [0.5, 0.6) is 0 Å². The molecule has 1 heterocycles. The average molecular weight is 331 g/mol. The molecule has 3 nitrogen and oxygen atoms in total. The summed E-state index contributed by atoms with van der Waals surface area (Å²) in [5, 5.41) is 0. The zero-order valence-corrected chi connectivity index (χ0v) is 13.0. The minimum absolute atomic E-state index is 0.432. The summed E-state index contributed by atoms with van der Waals surface area (Å²) < 4.78 is -0.432. The van der Waals surface area contributed by atoms with Crippen molar-refractivity contribution in [2.45, 2.75) is 4.57 Å². The number of anilines is 2. The van der Waals surface area contributed by atoms with Crippen LogP contribution in [0.4, 0.5) is 11.4 Å². The first kappa shape index (κ1) is 13.2. The third-order valence-corrected chi connectivity index (χ3v) is 5.43. The zero-order chi connectivity index (χ0) is 14.3. The van der Waals surface area contributed by atoms with Crippen LogP contribution in [0.15, 0.2) is 48.5 Å². The van der Waals surface area contributed by atoms with Crippen molar-refractivity contribution in [1.82, 2.24) is 0 Å². The second kappa shape index (κ2) is 4.63. The topological polar surface area (TPSA) is 23.6 Å². The number of nitrogens with zero attached hydrogens (tertiary/aromatic N) is 2. The molecule has 1 aliphatic rings. The number of rotatable bonds is 2. The number of carbonyl (C=O) groups is 1. The molecule has 0 aromatic heterocycles. The molecule has 3 rings (SSSR count). The summed E-state index contributed by atoms with van der Waals surface area (Å²) in [5.74, 6) is 0. The van der Waals surface area contributed by atoms with Gasteiger partial charge in [0.2, 0.25) is 0 Å². The Morgan fingerprint density at radius 3 is 1.90 bits per heavy atom. The van der Waals surface area contributed by atoms with Crippen molar-refractivity contribution in [2.75, 3.05) is 23.9 Å². The van der Waals surface area contributed by atoms with Gasteiger partial charge >= 0.3 is 0 Å². The van der Waals surface area contributed by atoms with E-state index < -0.39 is 4.57 Å². The van der Waals surface area contributed by atoms with Crippen LogP contribution in [-0.2, 0) is 4.57 Å². The molecule has 0 amide bonds. The highest BCUT2D eigenvalue weighted by atomic mass is 79.9. The first-order chi connectivity index (χ1) is 9.59. The molecule has 2 aromatic carbocycles. The largest absolute Gasteiger partial charge is 0.337 e. The Labute approximate surface area is 126 Å². The van der Waals surface area contributed by atoms with Gasteiger partial charge in [-0.3, -0.25) is 4.79 Å². The monoisotopic (exact) mass is 330 g/mol. The Bertz CT molecular complexity index is 625. The molecule has 0 N–H and O–H groups in total. The molecule has 0 bridgehead atoms. The minimum Gasteiger partial charge on any atom is -0.337 e. The molecule has 0 atom stereocenters. The van der Waals surface area contributed by atoms with E-state index in [1.807, 2.05) is 36.4 Å². The standard InChI is InChI=1S/C16H15BrN2O/c1-18-14-5-3-4-6-15(14)19(2)16(18,17)13-9-7-12(11-20)8-10-13/h3-11H,1-2H3. The number of hydrogen-bond acceptors (Lipinski definition) is 3. The fraction of sp³-hybridized carbons (Fsp3) is 0.188. The number of hydrogen-bond donors (Lipinski definition) is 0. The van der Waals surface area contributed by atoms with Gasteiger partial charge in [-0.15, -0.1) is 0 Å². The smallest absolute Gasteiger partial charge is 0.196 e. The molecule has 0 spiro atoms. The molecule has 0 unspecified atom stereocenters. The van der Waals surface area contributed by atoms with Crippen molar-refractivity contribution in [1.29, 1.82) is 0 Å². The van der Waals surface area contributed by atoms with Crippen molar-refractivity contribution in [2.24, 2.45) is 0 Å². The summed E-state index contributed by atoms with van der Waals surface area (Å²) in [7, 11) is 4.12. The summed E-state index contributed by atoms with van der Waals surface area (Å²) in [5.41, 5.74) is 4.12. The van der Waals surface area contributed by atoms with Gasteiger partial charge < -0.3 is 9.80 Å². The highest BCUT2D eigenvalue weighted by Crippen LogP contribution is 2.51. The van der Waals surface area contributed by atoms with E-state index in [0.29, 0.717) is 5.56 Å². The van der Waals surface area contributed by atoms with Crippen molar-refractivity contribution in [3.8, 4) is 0 Å². The summed E-state index contributed by atoms with van der Waals surface area (Å²) >= 11 is 3.88. The molecule has 20 heavy (non-hydrogen) atoms. The Hall–Kier alpha value is -1.81. The van der Waals surface area contributed by atoms with Crippen LogP contribution in [-0.4, -0.2) is 20.4 Å². The second-order valence-corrected chi connectivity index (χ2v) is 6.04. The Balaban J connectivity index is 2.10. The lowest BCUT2D eigenvalue weighted by atomic mass is 10.1. The van der Waals surface area contributed by atoms with E-state index in [1.54, 1.807) is 0 Å². The van der Waals surface area contributed by atoms with Crippen LogP contribution in [0.25, 0.3) is 0 Å². The molecular formula is C16H15BrN2O. The predicted molar refractivity (Wildman–Crippen MR) is 85.7 cm³/mol. The van der Waals surface area contributed by atoms with E-state index in [4.69, 9.17) is 0 Å². The number of halogens is 1. The van der Waals surface area contributed by atoms with Gasteiger partial charge in [-0.05, 0) is 28.1 Å². The lowest BCUT2D eigenvalue weighted by Gasteiger charge is -2.38. The van der Waals surface area contributed by atoms with Crippen molar-refractivity contribution in [3.05, 3.63) is 59.7 Å². The van der Waals surface area contributed by atoms with Gasteiger partial charge in [-0.1, -0.05) is 36.4 Å². The molecular weight excluding hydrogens is 316 g/mol. The van der Waals surface area contributed by atoms with Crippen molar-refractivity contribution < 1.29 is 4.79 Å². The van der Waals surface area contributed by atoms with Gasteiger partial charge in [0, 0.05) is 25.2 Å². The molecule has 0 saturated carbocycles. The molecule has 102 valence electrons. The van der Waals surface area contributed by atoms with E-state index >= 15 is 0 Å². The van der Waals surface area contributed by atoms with Gasteiger partial charge in [0.05, 0.1) is 11.4 Å². The van der Waals surface area contributed by atoms with E-state index in [9.17, 15) is 4.79 Å². The maximum Gasteiger partial charge on any atom is 0.196 e. The summed E-state index contributed by atoms with van der Waals surface area (Å²) in [6, 6.07) is 15.9. The average Bonchev–Trinajstić information content (AvgIpc) is 2.71. The zero-order valence-electron chi connectivity index (χ0n) is 11.4. The SMILES string of the molecule is CN1c2ccccc2N(C)C1(Br)c1ccc(C=O)cc1. The molecule has 0 saturated heterocycles. The summed E-state index contributed by atoms with van der Waals surface area (Å²) in [6.45, 7) is 0. The van der Waals surface area contributed by atoms with Gasteiger partial charge in [0.25, 0.3) is 0 Å². The van der Waals surface area contributed by atoms with Gasteiger partial charge in [-0.25, -0.2) is 0 Å². The highest BCUT2D eigenvalue weighted by Gasteiger charge is 2.45. The third-order valence-electron chi connectivity index (χ3n) is 3.91. The minimum atomic E-state index is -0.432. The van der Waals surface area contributed by atoms with Crippen LogP contribution >= 0.6 is 15.9 Å². The third kappa shape index (κ3) is 1.68. The predicted octanol–water partition coefficient (Wildman–Crippen LogP) is 3.59. The Morgan fingerprint density at radius 2 is 1.45 bits per heavy atom. The number of para-hydroxylation sites is 2. The van der Waals surface area contributed by atoms with E-state index in [1.165, 1.54) is 11.4 Å². The van der Waals surface area contributed by atoms with Gasteiger partial charge in [0.1, 0.15) is 6.29 Å². The van der Waals surface area contributed by atoms with Crippen molar-refractivity contribution >= 4 is 33.6 Å². The number of alkyl halides is 1. The van der Waals surface area contributed by atoms with E-state index in [0.717, 1.165) is 11.8 Å². The normalized spacial score (nSPS) is 16.1. The fourth-order valence-electron chi connectivity index (χ4n) is 2.74. The first-order valence-electron chi connectivity index (χ1n) is 6.40. The molecule has 4 heteroatoms. The summed E-state index contributed by atoms with van der Waals surface area (Å²) in [4.78, 5) is 15.2. The van der Waals surface area contributed by atoms with E-state index in [-0.39, 0.29) is 0 Å². The van der Waals surface area contributed by atoms with Gasteiger partial charge in [-0.2, -0.15) is 0 Å². The van der Waals surface area contributed by atoms with Gasteiger partial charge in [0.15, 0.2) is 4.57 Å². The molecule has 2 aromatic rings. The number of fused-ring (bicyclic) bond motifs is 1. The molecule has 0 radical (unpaired) electrons. The molecule has 1 aliphatic heterocycles. The van der Waals surface area contributed by atoms with Crippen molar-refractivity contribution in [3.63, 3.8) is 0 Å². The van der Waals surface area contributed by atoms with Crippen LogP contribution in [0.1, 0.15) is 15.9 Å². The fourth-order valence-corrected chi connectivity index (χ4v) is 3.38. The highest BCUT2D eigenvalue weighted by molar-refractivity contribution is 9.09. The maximum atomic E-state index is 10.8. The number of carbonyl (C=O) groups excluding carboxylic acids is 1. The number of benzene rings is 2. The Kier molecular flexibility index (Phi) is 3.05. The Morgan fingerprint density at radius 1 is 0.950 bits per heavy atom. The van der Waals surface area contributed by atoms with Crippen LogP contribution in [0.3, 0.4) is 0 Å². The lowest BCUT2D eigenvalue weighted by molar-refractivity contribution is 0.112. The van der Waals surface area contributed by atoms with Crippen LogP contribution in [0.2, 0.25) is 0 Å².